The molecule has 0 amide bonds. The van der Waals surface area contributed by atoms with Crippen LogP contribution in [0.3, 0.4) is 0 Å². The molecule has 0 aliphatic heterocycles. The second-order valence-corrected chi connectivity index (χ2v) is 8.50. The highest BCUT2D eigenvalue weighted by Gasteiger charge is 2.19. The third-order valence-corrected chi connectivity index (χ3v) is 4.86. The highest BCUT2D eigenvalue weighted by Crippen LogP contribution is 2.23. The van der Waals surface area contributed by atoms with Gasteiger partial charge in [0.05, 0.1) is 11.3 Å². The van der Waals surface area contributed by atoms with E-state index >= 15 is 0 Å². The Morgan fingerprint density at radius 2 is 1.78 bits per heavy atom. The molecule has 0 atom stereocenters. The number of ether oxygens (including phenoxy) is 1. The molecule has 2 rings (SSSR count). The Kier molecular flexibility index (Phi) is 6.33. The summed E-state index contributed by atoms with van der Waals surface area (Å²) in [7, 11) is -3.76. The van der Waals surface area contributed by atoms with Crippen LogP contribution in [0.4, 0.5) is 5.69 Å². The first-order valence-corrected chi connectivity index (χ1v) is 9.74. The topological polar surface area (TPSA) is 84.8 Å². The molecule has 0 fully saturated rings. The Morgan fingerprint density at radius 3 is 2.37 bits per heavy atom. The summed E-state index contributed by atoms with van der Waals surface area (Å²) in [4.78, 5) is 15.9. The summed E-state index contributed by atoms with van der Waals surface area (Å²) in [5.41, 5.74) is 0.797. The van der Waals surface area contributed by atoms with Gasteiger partial charge in [0.25, 0.3) is 0 Å². The van der Waals surface area contributed by atoms with Crippen molar-refractivity contribution in [2.75, 3.05) is 0 Å². The largest absolute Gasteiger partial charge is 0.456 e. The normalized spacial score (nSPS) is 11.5. The maximum Gasteiger partial charge on any atom is 0.338 e. The summed E-state index contributed by atoms with van der Waals surface area (Å²) in [6, 6.07) is 12.9. The molecule has 0 spiro atoms. The van der Waals surface area contributed by atoms with Crippen LogP contribution in [-0.4, -0.2) is 25.9 Å². The molecule has 6 nitrogen and oxygen atoms in total. The third-order valence-electron chi connectivity index (χ3n) is 3.41. The maximum absolute atomic E-state index is 12.5. The number of nitrogens with one attached hydrogen (secondary N) is 1. The maximum atomic E-state index is 12.5. The molecular formula is C20H22N2O4S. The number of carbonyl (C=O) groups is 1. The van der Waals surface area contributed by atoms with E-state index in [1.54, 1.807) is 63.2 Å². The van der Waals surface area contributed by atoms with Gasteiger partial charge in [-0.3, -0.25) is 0 Å². The van der Waals surface area contributed by atoms with Gasteiger partial charge >= 0.3 is 5.97 Å². The van der Waals surface area contributed by atoms with Crippen LogP contribution in [0.25, 0.3) is 0 Å². The lowest BCUT2D eigenvalue weighted by Gasteiger charge is -2.19. The van der Waals surface area contributed by atoms with Crippen molar-refractivity contribution in [2.45, 2.75) is 37.8 Å². The number of nitrogens with zero attached hydrogens (tertiary/aromatic N) is 1. The number of aliphatic imine (C=N–C) groups is 1. The number of hydrogen-bond donors (Lipinski definition) is 1. The van der Waals surface area contributed by atoms with Crippen LogP contribution in [-0.2, 0) is 21.3 Å². The molecule has 7 heteroatoms. The van der Waals surface area contributed by atoms with E-state index in [-0.39, 0.29) is 17.1 Å². The average molecular weight is 386 g/mol. The van der Waals surface area contributed by atoms with Gasteiger partial charge in [-0.2, -0.15) is 0 Å². The summed E-state index contributed by atoms with van der Waals surface area (Å²) in [5.74, 6) is 1.92. The van der Waals surface area contributed by atoms with Crippen molar-refractivity contribution in [1.82, 2.24) is 4.72 Å². The summed E-state index contributed by atoms with van der Waals surface area (Å²) in [5, 5.41) is 0. The van der Waals surface area contributed by atoms with E-state index in [0.717, 1.165) is 0 Å². The Balaban J connectivity index is 2.10. The minimum atomic E-state index is -3.76. The van der Waals surface area contributed by atoms with Crippen molar-refractivity contribution in [2.24, 2.45) is 4.99 Å². The molecule has 2 aromatic rings. The zero-order chi connectivity index (χ0) is 20.1. The molecule has 1 N–H and O–H groups in total. The van der Waals surface area contributed by atoms with Crippen LogP contribution in [0.2, 0.25) is 0 Å². The van der Waals surface area contributed by atoms with Crippen LogP contribution in [0.15, 0.2) is 65.0 Å². The molecule has 142 valence electrons. The van der Waals surface area contributed by atoms with Crippen molar-refractivity contribution >= 4 is 27.5 Å². The standard InChI is InChI=1S/C20H22N2O4S/c1-5-21-17-8-6-7-9-18(17)27(24,25)22-14-15-10-12-16(13-11-15)19(23)26-20(2,3)4/h6-13,22H,1,14H2,2-4H3. The SMILES string of the molecule is C=C=Nc1ccccc1S(=O)(=O)NCc1ccc(C(=O)OC(C)(C)C)cc1. The molecular weight excluding hydrogens is 364 g/mol. The summed E-state index contributed by atoms with van der Waals surface area (Å²) in [6.45, 7) is 8.83. The second-order valence-electron chi connectivity index (χ2n) is 6.76. The molecule has 0 saturated carbocycles. The minimum Gasteiger partial charge on any atom is -0.456 e. The molecule has 0 saturated heterocycles. The number of esters is 1. The Labute approximate surface area is 159 Å². The van der Waals surface area contributed by atoms with Crippen molar-refractivity contribution in [3.8, 4) is 0 Å². The van der Waals surface area contributed by atoms with Crippen LogP contribution < -0.4 is 4.72 Å². The van der Waals surface area contributed by atoms with Gasteiger partial charge in [-0.05, 0) is 63.0 Å². The van der Waals surface area contributed by atoms with E-state index in [0.29, 0.717) is 11.1 Å². The van der Waals surface area contributed by atoms with E-state index in [1.807, 2.05) is 0 Å². The lowest BCUT2D eigenvalue weighted by Crippen LogP contribution is -2.24. The summed E-state index contributed by atoms with van der Waals surface area (Å²) in [6.07, 6.45) is 0. The zero-order valence-corrected chi connectivity index (χ0v) is 16.3. The van der Waals surface area contributed by atoms with E-state index in [1.165, 1.54) is 6.07 Å². The molecule has 0 aliphatic rings. The van der Waals surface area contributed by atoms with Gasteiger partial charge in [-0.15, -0.1) is 0 Å². The van der Waals surface area contributed by atoms with E-state index < -0.39 is 21.6 Å². The van der Waals surface area contributed by atoms with E-state index in [4.69, 9.17) is 4.74 Å². The molecule has 2 aromatic carbocycles. The lowest BCUT2D eigenvalue weighted by atomic mass is 10.1. The first-order chi connectivity index (χ1) is 12.6. The zero-order valence-electron chi connectivity index (χ0n) is 15.5. The van der Waals surface area contributed by atoms with Gasteiger partial charge < -0.3 is 4.74 Å². The van der Waals surface area contributed by atoms with Crippen LogP contribution in [0.5, 0.6) is 0 Å². The highest BCUT2D eigenvalue weighted by atomic mass is 32.2. The molecule has 27 heavy (non-hydrogen) atoms. The predicted octanol–water partition coefficient (Wildman–Crippen LogP) is 3.61. The monoisotopic (exact) mass is 386 g/mol. The lowest BCUT2D eigenvalue weighted by molar-refractivity contribution is 0.00695. The van der Waals surface area contributed by atoms with Crippen LogP contribution >= 0.6 is 0 Å². The quantitative estimate of drug-likeness (QED) is 0.607. The Morgan fingerprint density at radius 1 is 1.15 bits per heavy atom. The van der Waals surface area contributed by atoms with Gasteiger partial charge in [-0.1, -0.05) is 24.3 Å². The summed E-state index contributed by atoms with van der Waals surface area (Å²) < 4.78 is 32.9. The fraction of sp³-hybridized carbons (Fsp3) is 0.250. The van der Waals surface area contributed by atoms with Crippen molar-refractivity contribution < 1.29 is 17.9 Å². The first kappa shape index (κ1) is 20.6. The molecule has 0 bridgehead atoms. The fourth-order valence-corrected chi connectivity index (χ4v) is 3.37. The third kappa shape index (κ3) is 5.89. The van der Waals surface area contributed by atoms with Crippen LogP contribution in [0, 0.1) is 0 Å². The van der Waals surface area contributed by atoms with E-state index in [9.17, 15) is 13.2 Å². The molecule has 0 heterocycles. The van der Waals surface area contributed by atoms with Gasteiger partial charge in [0.1, 0.15) is 10.5 Å². The van der Waals surface area contributed by atoms with Gasteiger partial charge in [0, 0.05) is 6.54 Å². The summed E-state index contributed by atoms with van der Waals surface area (Å²) >= 11 is 0. The van der Waals surface area contributed by atoms with Gasteiger partial charge in [-0.25, -0.2) is 22.9 Å². The molecule has 0 unspecified atom stereocenters. The van der Waals surface area contributed by atoms with Gasteiger partial charge in [0.15, 0.2) is 0 Å². The average Bonchev–Trinajstić information content (AvgIpc) is 2.60. The fourth-order valence-electron chi connectivity index (χ4n) is 2.21. The Bertz CT molecular complexity index is 968. The Hall–Kier alpha value is -2.73. The predicted molar refractivity (Wildman–Crippen MR) is 105 cm³/mol. The number of sulfonamides is 1. The number of benzene rings is 2. The highest BCUT2D eigenvalue weighted by molar-refractivity contribution is 7.89. The number of carbonyl (C=O) groups excluding carboxylic acids is 1. The second kappa shape index (κ2) is 8.31. The van der Waals surface area contributed by atoms with Crippen molar-refractivity contribution in [3.05, 3.63) is 66.2 Å². The molecule has 0 aliphatic carbocycles. The van der Waals surface area contributed by atoms with Crippen molar-refractivity contribution in [3.63, 3.8) is 0 Å². The van der Waals surface area contributed by atoms with Gasteiger partial charge in [0.2, 0.25) is 10.0 Å². The smallest absolute Gasteiger partial charge is 0.338 e. The molecule has 0 radical (unpaired) electrons. The first-order valence-electron chi connectivity index (χ1n) is 8.26. The molecule has 0 aromatic heterocycles. The number of para-hydroxylation sites is 1. The minimum absolute atomic E-state index is 0.0477. The number of rotatable bonds is 6. The van der Waals surface area contributed by atoms with Crippen molar-refractivity contribution in [1.29, 1.82) is 0 Å². The number of hydrogen-bond acceptors (Lipinski definition) is 5. The van der Waals surface area contributed by atoms with E-state index in [2.05, 4.69) is 22.2 Å². The van der Waals surface area contributed by atoms with Crippen LogP contribution in [0.1, 0.15) is 36.7 Å².